The average molecular weight is 288 g/mol. The first-order valence-electron chi connectivity index (χ1n) is 6.46. The van der Waals surface area contributed by atoms with Crippen molar-refractivity contribution in [2.45, 2.75) is 44.7 Å². The summed E-state index contributed by atoms with van der Waals surface area (Å²) >= 11 is 3.81. The lowest BCUT2D eigenvalue weighted by atomic mass is 10.3. The van der Waals surface area contributed by atoms with Crippen LogP contribution in [0.4, 0.5) is 0 Å². The van der Waals surface area contributed by atoms with E-state index in [1.54, 1.807) is 7.11 Å². The van der Waals surface area contributed by atoms with Crippen molar-refractivity contribution in [3.63, 3.8) is 0 Å². The van der Waals surface area contributed by atoms with Crippen molar-refractivity contribution < 1.29 is 4.74 Å². The van der Waals surface area contributed by atoms with Gasteiger partial charge in [0.25, 0.3) is 0 Å². The Balaban J connectivity index is 2.49. The molecule has 0 spiro atoms. The van der Waals surface area contributed by atoms with Gasteiger partial charge in [0.1, 0.15) is 5.01 Å². The summed E-state index contributed by atoms with van der Waals surface area (Å²) in [4.78, 5) is 6.11. The van der Waals surface area contributed by atoms with Crippen LogP contribution < -0.4 is 5.32 Å². The highest BCUT2D eigenvalue weighted by molar-refractivity contribution is 7.99. The normalized spacial score (nSPS) is 11.4. The minimum atomic E-state index is 0.669. The van der Waals surface area contributed by atoms with E-state index in [4.69, 9.17) is 9.72 Å². The Hall–Kier alpha value is -0.100. The first kappa shape index (κ1) is 16.0. The first-order valence-corrected chi connectivity index (χ1v) is 8.32. The van der Waals surface area contributed by atoms with Gasteiger partial charge in [-0.3, -0.25) is 0 Å². The van der Waals surface area contributed by atoms with Crippen molar-refractivity contribution in [1.29, 1.82) is 0 Å². The second kappa shape index (κ2) is 8.91. The Morgan fingerprint density at radius 3 is 2.83 bits per heavy atom. The summed E-state index contributed by atoms with van der Waals surface area (Å²) in [5.74, 6) is 1.04. The topological polar surface area (TPSA) is 34.2 Å². The summed E-state index contributed by atoms with van der Waals surface area (Å²) in [7, 11) is 1.73. The van der Waals surface area contributed by atoms with E-state index in [0.29, 0.717) is 5.25 Å². The molecule has 0 saturated carbocycles. The van der Waals surface area contributed by atoms with E-state index >= 15 is 0 Å². The molecule has 5 heteroatoms. The quantitative estimate of drug-likeness (QED) is 0.708. The highest BCUT2D eigenvalue weighted by Crippen LogP contribution is 2.24. The van der Waals surface area contributed by atoms with Crippen molar-refractivity contribution in [3.05, 3.63) is 15.6 Å². The average Bonchev–Trinajstić information content (AvgIpc) is 2.74. The third kappa shape index (κ3) is 5.69. The van der Waals surface area contributed by atoms with E-state index in [2.05, 4.69) is 26.1 Å². The minimum Gasteiger partial charge on any atom is -0.383 e. The summed E-state index contributed by atoms with van der Waals surface area (Å²) in [6, 6.07) is 0. The Labute approximate surface area is 119 Å². The number of nitrogens with zero attached hydrogens (tertiary/aromatic N) is 1. The zero-order chi connectivity index (χ0) is 13.4. The predicted octanol–water partition coefficient (Wildman–Crippen LogP) is 3.08. The Bertz CT molecular complexity index is 340. The number of ether oxygens (including phenoxy) is 1. The van der Waals surface area contributed by atoms with Crippen LogP contribution in [0, 0.1) is 0 Å². The molecule has 0 fully saturated rings. The highest BCUT2D eigenvalue weighted by Gasteiger charge is 2.10. The van der Waals surface area contributed by atoms with E-state index in [1.807, 2.05) is 23.1 Å². The van der Waals surface area contributed by atoms with Gasteiger partial charge in [0.05, 0.1) is 12.3 Å². The van der Waals surface area contributed by atoms with Gasteiger partial charge < -0.3 is 10.1 Å². The van der Waals surface area contributed by atoms with Crippen molar-refractivity contribution in [2.75, 3.05) is 20.3 Å². The second-order valence-electron chi connectivity index (χ2n) is 4.36. The van der Waals surface area contributed by atoms with Gasteiger partial charge in [0, 0.05) is 30.8 Å². The van der Waals surface area contributed by atoms with E-state index < -0.39 is 0 Å². The minimum absolute atomic E-state index is 0.669. The Morgan fingerprint density at radius 2 is 2.22 bits per heavy atom. The molecule has 0 aromatic carbocycles. The molecule has 1 N–H and O–H groups in total. The molecule has 0 atom stereocenters. The maximum atomic E-state index is 5.03. The van der Waals surface area contributed by atoms with Gasteiger partial charge in [-0.25, -0.2) is 4.98 Å². The summed E-state index contributed by atoms with van der Waals surface area (Å²) in [6.07, 6.45) is 1.02. The van der Waals surface area contributed by atoms with Gasteiger partial charge in [-0.2, -0.15) is 11.8 Å². The number of hydrogen-bond acceptors (Lipinski definition) is 5. The number of thiazole rings is 1. The maximum absolute atomic E-state index is 5.03. The molecule has 0 saturated heterocycles. The first-order chi connectivity index (χ1) is 8.67. The molecule has 0 radical (unpaired) electrons. The summed E-state index contributed by atoms with van der Waals surface area (Å²) in [6.45, 7) is 9.20. The second-order valence-corrected chi connectivity index (χ2v) is 7.09. The number of hydrogen-bond donors (Lipinski definition) is 1. The standard InChI is InChI=1S/C13H24N2OS2/c1-5-11-12(8-14-6-7-16-4)18-13(15-11)9-17-10(2)3/h10,14H,5-9H2,1-4H3. The molecule has 0 unspecified atom stereocenters. The number of aryl methyl sites for hydroxylation is 1. The fraction of sp³-hybridized carbons (Fsp3) is 0.769. The van der Waals surface area contributed by atoms with Crippen molar-refractivity contribution in [3.8, 4) is 0 Å². The van der Waals surface area contributed by atoms with E-state index in [9.17, 15) is 0 Å². The lowest BCUT2D eigenvalue weighted by Gasteiger charge is -2.02. The highest BCUT2D eigenvalue weighted by atomic mass is 32.2. The SMILES string of the molecule is CCc1nc(CSC(C)C)sc1CNCCOC. The maximum Gasteiger partial charge on any atom is 0.103 e. The molecule has 0 amide bonds. The smallest absolute Gasteiger partial charge is 0.103 e. The molecule has 0 aliphatic heterocycles. The van der Waals surface area contributed by atoms with Crippen LogP contribution in [0.2, 0.25) is 0 Å². The van der Waals surface area contributed by atoms with E-state index in [0.717, 1.165) is 31.9 Å². The molecule has 0 aliphatic carbocycles. The van der Waals surface area contributed by atoms with Crippen LogP contribution in [0.1, 0.15) is 36.3 Å². The van der Waals surface area contributed by atoms with Crippen LogP contribution in [0.15, 0.2) is 0 Å². The number of rotatable bonds is 9. The van der Waals surface area contributed by atoms with Gasteiger partial charge >= 0.3 is 0 Å². The van der Waals surface area contributed by atoms with Gasteiger partial charge in [0.2, 0.25) is 0 Å². The van der Waals surface area contributed by atoms with Gasteiger partial charge in [-0.1, -0.05) is 20.8 Å². The largest absolute Gasteiger partial charge is 0.383 e. The molecule has 0 bridgehead atoms. The van der Waals surface area contributed by atoms with Crippen LogP contribution in [0.5, 0.6) is 0 Å². The van der Waals surface area contributed by atoms with Crippen molar-refractivity contribution in [2.24, 2.45) is 0 Å². The van der Waals surface area contributed by atoms with Crippen LogP contribution in [0.3, 0.4) is 0 Å². The third-order valence-electron chi connectivity index (χ3n) is 2.47. The van der Waals surface area contributed by atoms with Gasteiger partial charge in [0.15, 0.2) is 0 Å². The molecule has 104 valence electrons. The summed E-state index contributed by atoms with van der Waals surface area (Å²) < 4.78 is 5.03. The fourth-order valence-corrected chi connectivity index (χ4v) is 3.43. The van der Waals surface area contributed by atoms with Gasteiger partial charge in [-0.15, -0.1) is 11.3 Å². The third-order valence-corrected chi connectivity index (χ3v) is 4.85. The zero-order valence-corrected chi connectivity index (χ0v) is 13.4. The van der Waals surface area contributed by atoms with E-state index in [-0.39, 0.29) is 0 Å². The molecule has 3 nitrogen and oxygen atoms in total. The molecular formula is C13H24N2OS2. The lowest BCUT2D eigenvalue weighted by Crippen LogP contribution is -2.18. The summed E-state index contributed by atoms with van der Waals surface area (Å²) in [5, 5.41) is 5.32. The van der Waals surface area contributed by atoms with Crippen molar-refractivity contribution in [1.82, 2.24) is 10.3 Å². The molecular weight excluding hydrogens is 264 g/mol. The van der Waals surface area contributed by atoms with E-state index in [1.165, 1.54) is 15.6 Å². The lowest BCUT2D eigenvalue weighted by molar-refractivity contribution is 0.199. The molecule has 1 aromatic rings. The van der Waals surface area contributed by atoms with Crippen LogP contribution in [-0.4, -0.2) is 30.5 Å². The number of aromatic nitrogens is 1. The van der Waals surface area contributed by atoms with Gasteiger partial charge in [-0.05, 0) is 11.7 Å². The van der Waals surface area contributed by atoms with Crippen LogP contribution in [-0.2, 0) is 23.5 Å². The summed E-state index contributed by atoms with van der Waals surface area (Å²) in [5.41, 5.74) is 1.25. The molecule has 0 aliphatic rings. The predicted molar refractivity (Wildman–Crippen MR) is 81.5 cm³/mol. The number of thioether (sulfide) groups is 1. The monoisotopic (exact) mass is 288 g/mol. The van der Waals surface area contributed by atoms with Crippen molar-refractivity contribution >= 4 is 23.1 Å². The molecule has 1 rings (SSSR count). The molecule has 18 heavy (non-hydrogen) atoms. The molecule has 1 heterocycles. The van der Waals surface area contributed by atoms with Crippen LogP contribution >= 0.6 is 23.1 Å². The zero-order valence-electron chi connectivity index (χ0n) is 11.8. The Morgan fingerprint density at radius 1 is 1.44 bits per heavy atom. The number of methoxy groups -OCH3 is 1. The molecule has 1 aromatic heterocycles. The Kier molecular flexibility index (Phi) is 7.90. The van der Waals surface area contributed by atoms with Crippen LogP contribution in [0.25, 0.3) is 0 Å². The number of nitrogens with one attached hydrogen (secondary N) is 1. The fourth-order valence-electron chi connectivity index (χ4n) is 1.53.